The van der Waals surface area contributed by atoms with Gasteiger partial charge in [0.1, 0.15) is 12.4 Å². The van der Waals surface area contributed by atoms with Crippen molar-refractivity contribution in [1.29, 1.82) is 0 Å². The Hall–Kier alpha value is -4.69. The molecule has 0 aliphatic heterocycles. The van der Waals surface area contributed by atoms with Crippen LogP contribution < -0.4 is 9.47 Å². The molecule has 1 aromatic heterocycles. The summed E-state index contributed by atoms with van der Waals surface area (Å²) < 4.78 is 11.1. The fourth-order valence-corrected chi connectivity index (χ4v) is 6.17. The van der Waals surface area contributed by atoms with Crippen molar-refractivity contribution in [2.24, 2.45) is 0 Å². The van der Waals surface area contributed by atoms with Gasteiger partial charge in [-0.15, -0.1) is 0 Å². The quantitative estimate of drug-likeness (QED) is 0.0968. The Morgan fingerprint density at radius 2 is 1.50 bits per heavy atom. The highest BCUT2D eigenvalue weighted by Gasteiger charge is 2.27. The molecule has 0 bridgehead atoms. The lowest BCUT2D eigenvalue weighted by atomic mass is 9.89. The molecule has 240 valence electrons. The second-order valence-corrected chi connectivity index (χ2v) is 11.8. The zero-order chi connectivity index (χ0) is 32.1. The van der Waals surface area contributed by atoms with Gasteiger partial charge in [-0.25, -0.2) is 9.78 Å². The van der Waals surface area contributed by atoms with E-state index in [0.29, 0.717) is 13.0 Å². The van der Waals surface area contributed by atoms with E-state index >= 15 is 0 Å². The Morgan fingerprint density at radius 3 is 2.26 bits per heavy atom. The molecule has 0 fully saturated rings. The number of nitrogens with zero attached hydrogens (tertiary/aromatic N) is 2. The molecule has 0 spiro atoms. The lowest BCUT2D eigenvalue weighted by molar-refractivity contribution is -0.137. The van der Waals surface area contributed by atoms with Crippen LogP contribution in [-0.4, -0.2) is 45.3 Å². The van der Waals surface area contributed by atoms with Crippen LogP contribution in [0.3, 0.4) is 0 Å². The van der Waals surface area contributed by atoms with Crippen LogP contribution in [0.2, 0.25) is 0 Å². The van der Waals surface area contributed by atoms with Gasteiger partial charge in [0, 0.05) is 30.8 Å². The summed E-state index contributed by atoms with van der Waals surface area (Å²) in [7, 11) is 0. The first-order valence-corrected chi connectivity index (χ1v) is 16.1. The predicted octanol–water partition coefficient (Wildman–Crippen LogP) is 7.68. The van der Waals surface area contributed by atoms with Crippen LogP contribution >= 0.6 is 0 Å². The van der Waals surface area contributed by atoms with E-state index in [1.165, 1.54) is 11.1 Å². The molecule has 0 radical (unpaired) electrons. The molecule has 1 atom stereocenters. The van der Waals surface area contributed by atoms with E-state index in [1.54, 1.807) is 6.07 Å². The molecule has 1 unspecified atom stereocenters. The second-order valence-electron chi connectivity index (χ2n) is 11.8. The standard InChI is InChI=1S/C38H42N2O6/c41-37(42)15-6-7-25-40(34-13-8-12-33-32(34)22-23-36(39-33)46-38(43)44)26-24-31-11-4-5-14-35(31)45-27-30-20-18-29(19-21-30)17-16-28-9-2-1-3-10-28/h1-5,9-11,14,18-23,34H,6-8,12-13,15-17,24-27H2,(H,41,42)(H,43,44). The molecule has 46 heavy (non-hydrogen) atoms. The summed E-state index contributed by atoms with van der Waals surface area (Å²) >= 11 is 0. The predicted molar refractivity (Wildman–Crippen MR) is 176 cm³/mol. The van der Waals surface area contributed by atoms with Gasteiger partial charge in [-0.05, 0) is 91.8 Å². The van der Waals surface area contributed by atoms with Gasteiger partial charge in [-0.3, -0.25) is 9.69 Å². The van der Waals surface area contributed by atoms with Crippen molar-refractivity contribution < 1.29 is 29.3 Å². The molecule has 1 aliphatic rings. The zero-order valence-corrected chi connectivity index (χ0v) is 26.1. The number of carboxylic acids is 1. The molecule has 8 heteroatoms. The number of pyridine rings is 1. The van der Waals surface area contributed by atoms with Gasteiger partial charge in [-0.1, -0.05) is 78.9 Å². The third-order valence-corrected chi connectivity index (χ3v) is 8.56. The minimum absolute atomic E-state index is 0.0906. The number of rotatable bonds is 16. The highest BCUT2D eigenvalue weighted by molar-refractivity contribution is 5.66. The first kappa shape index (κ1) is 32.7. The van der Waals surface area contributed by atoms with Gasteiger partial charge in [0.05, 0.1) is 0 Å². The van der Waals surface area contributed by atoms with Crippen molar-refractivity contribution in [2.45, 2.75) is 70.4 Å². The fourth-order valence-electron chi connectivity index (χ4n) is 6.17. The van der Waals surface area contributed by atoms with Crippen LogP contribution in [0.1, 0.15) is 71.7 Å². The zero-order valence-electron chi connectivity index (χ0n) is 26.1. The molecule has 5 rings (SSSR count). The highest BCUT2D eigenvalue weighted by atomic mass is 16.7. The lowest BCUT2D eigenvalue weighted by Crippen LogP contribution is -2.34. The molecule has 4 aromatic rings. The summed E-state index contributed by atoms with van der Waals surface area (Å²) in [5.41, 5.74) is 6.84. The number of aryl methyl sites for hydroxylation is 3. The Balaban J connectivity index is 1.22. The van der Waals surface area contributed by atoms with Crippen molar-refractivity contribution in [2.75, 3.05) is 13.1 Å². The number of para-hydroxylation sites is 1. The van der Waals surface area contributed by atoms with Gasteiger partial charge in [0.2, 0.25) is 5.88 Å². The average molecular weight is 623 g/mol. The topological polar surface area (TPSA) is 109 Å². The third-order valence-electron chi connectivity index (χ3n) is 8.56. The van der Waals surface area contributed by atoms with Crippen molar-refractivity contribution >= 4 is 12.1 Å². The molecule has 1 aliphatic carbocycles. The minimum Gasteiger partial charge on any atom is -0.489 e. The molecule has 1 heterocycles. The molecular weight excluding hydrogens is 580 g/mol. The van der Waals surface area contributed by atoms with E-state index in [-0.39, 0.29) is 18.3 Å². The fraction of sp³-hybridized carbons (Fsp3) is 0.342. The smallest absolute Gasteiger partial charge is 0.489 e. The first-order valence-electron chi connectivity index (χ1n) is 16.1. The maximum atomic E-state index is 11.1. The van der Waals surface area contributed by atoms with Crippen LogP contribution in [0.5, 0.6) is 11.6 Å². The van der Waals surface area contributed by atoms with Gasteiger partial charge >= 0.3 is 12.1 Å². The van der Waals surface area contributed by atoms with Crippen LogP contribution in [0.15, 0.2) is 91.0 Å². The average Bonchev–Trinajstić information content (AvgIpc) is 3.06. The van der Waals surface area contributed by atoms with Crippen LogP contribution in [-0.2, 0) is 37.1 Å². The van der Waals surface area contributed by atoms with E-state index in [0.717, 1.165) is 86.2 Å². The van der Waals surface area contributed by atoms with Crippen molar-refractivity contribution in [1.82, 2.24) is 9.88 Å². The van der Waals surface area contributed by atoms with Crippen molar-refractivity contribution in [3.8, 4) is 11.6 Å². The number of hydrogen-bond acceptors (Lipinski definition) is 6. The molecule has 2 N–H and O–H groups in total. The van der Waals surface area contributed by atoms with Gasteiger partial charge in [-0.2, -0.15) is 0 Å². The number of carbonyl (C=O) groups is 2. The monoisotopic (exact) mass is 622 g/mol. The summed E-state index contributed by atoms with van der Waals surface area (Å²) in [6, 6.07) is 31.0. The highest BCUT2D eigenvalue weighted by Crippen LogP contribution is 2.35. The van der Waals surface area contributed by atoms with Crippen molar-refractivity contribution in [3.63, 3.8) is 0 Å². The van der Waals surface area contributed by atoms with Crippen LogP contribution in [0.4, 0.5) is 4.79 Å². The molecule has 0 saturated heterocycles. The largest absolute Gasteiger partial charge is 0.512 e. The van der Waals surface area contributed by atoms with Crippen LogP contribution in [0.25, 0.3) is 0 Å². The SMILES string of the molecule is O=C(O)CCCCN(CCc1ccccc1OCc1ccc(CCc2ccccc2)cc1)C1CCCc2nc(OC(=O)O)ccc21. The summed E-state index contributed by atoms with van der Waals surface area (Å²) in [6.07, 6.45) is 5.58. The van der Waals surface area contributed by atoms with E-state index in [4.69, 9.17) is 19.7 Å². The number of hydrogen-bond donors (Lipinski definition) is 2. The van der Waals surface area contributed by atoms with E-state index in [9.17, 15) is 9.59 Å². The van der Waals surface area contributed by atoms with Gasteiger partial charge < -0.3 is 19.7 Å². The number of carboxylic acid groups (broad SMARTS) is 2. The molecule has 0 saturated carbocycles. The minimum atomic E-state index is -1.38. The summed E-state index contributed by atoms with van der Waals surface area (Å²) in [5, 5.41) is 18.2. The number of benzene rings is 3. The summed E-state index contributed by atoms with van der Waals surface area (Å²) in [4.78, 5) is 29.1. The number of fused-ring (bicyclic) bond motifs is 1. The molecular formula is C38H42N2O6. The maximum absolute atomic E-state index is 11.1. The Bertz CT molecular complexity index is 1570. The van der Waals surface area contributed by atoms with Crippen molar-refractivity contribution in [3.05, 3.63) is 125 Å². The molecule has 8 nitrogen and oxygen atoms in total. The number of aliphatic carboxylic acids is 1. The van der Waals surface area contributed by atoms with E-state index in [1.807, 2.05) is 30.3 Å². The first-order chi connectivity index (χ1) is 22.4. The number of aromatic nitrogens is 1. The van der Waals surface area contributed by atoms with Crippen LogP contribution in [0, 0.1) is 0 Å². The molecule has 3 aromatic carbocycles. The Kier molecular flexibility index (Phi) is 11.8. The molecule has 0 amide bonds. The summed E-state index contributed by atoms with van der Waals surface area (Å²) in [6.45, 7) is 2.00. The normalized spacial score (nSPS) is 14.1. The lowest BCUT2D eigenvalue weighted by Gasteiger charge is -2.36. The maximum Gasteiger partial charge on any atom is 0.512 e. The Labute approximate surface area is 270 Å². The van der Waals surface area contributed by atoms with Gasteiger partial charge in [0.25, 0.3) is 0 Å². The third kappa shape index (κ3) is 9.65. The van der Waals surface area contributed by atoms with Gasteiger partial charge in [0.15, 0.2) is 0 Å². The van der Waals surface area contributed by atoms with E-state index in [2.05, 4.69) is 64.5 Å². The number of ether oxygens (including phenoxy) is 2. The van der Waals surface area contributed by atoms with E-state index < -0.39 is 12.1 Å². The number of unbranched alkanes of at least 4 members (excludes halogenated alkanes) is 1. The summed E-state index contributed by atoms with van der Waals surface area (Å²) in [5.74, 6) is 0.174. The Morgan fingerprint density at radius 1 is 0.783 bits per heavy atom. The second kappa shape index (κ2) is 16.6.